The highest BCUT2D eigenvalue weighted by molar-refractivity contribution is 7.92. The van der Waals surface area contributed by atoms with Crippen LogP contribution >= 0.6 is 0 Å². The molecule has 0 radical (unpaired) electrons. The Morgan fingerprint density at radius 1 is 1.27 bits per heavy atom. The number of hydrogen-bond acceptors (Lipinski definition) is 5. The van der Waals surface area contributed by atoms with Crippen LogP contribution in [0.5, 0.6) is 0 Å². The first-order chi connectivity index (χ1) is 12.1. The van der Waals surface area contributed by atoms with Crippen LogP contribution in [0.2, 0.25) is 0 Å². The van der Waals surface area contributed by atoms with Gasteiger partial charge in [0, 0.05) is 6.07 Å². The molecule has 2 rings (SSSR count). The van der Waals surface area contributed by atoms with Crippen molar-refractivity contribution in [3.8, 4) is 0 Å². The molecule has 10 heteroatoms. The number of nitrogens with zero attached hydrogens (tertiary/aromatic N) is 2. The molecule has 26 heavy (non-hydrogen) atoms. The van der Waals surface area contributed by atoms with Gasteiger partial charge < -0.3 is 5.32 Å². The Morgan fingerprint density at radius 3 is 2.50 bits per heavy atom. The van der Waals surface area contributed by atoms with E-state index < -0.39 is 33.2 Å². The van der Waals surface area contributed by atoms with Gasteiger partial charge in [-0.25, -0.2) is 12.8 Å². The number of halogens is 1. The van der Waals surface area contributed by atoms with E-state index in [1.165, 1.54) is 37.3 Å². The lowest BCUT2D eigenvalue weighted by atomic mass is 10.1. The van der Waals surface area contributed by atoms with E-state index in [-0.39, 0.29) is 22.6 Å². The fraction of sp³-hybridized carbons (Fsp3) is 0.188. The normalized spacial score (nSPS) is 11.0. The molecular weight excluding hydrogens is 365 g/mol. The predicted octanol–water partition coefficient (Wildman–Crippen LogP) is 2.45. The Kier molecular flexibility index (Phi) is 5.56. The van der Waals surface area contributed by atoms with Gasteiger partial charge >= 0.3 is 0 Å². The van der Waals surface area contributed by atoms with E-state index in [1.807, 2.05) is 0 Å². The summed E-state index contributed by atoms with van der Waals surface area (Å²) in [6, 6.07) is 8.99. The van der Waals surface area contributed by atoms with Crippen LogP contribution in [0.1, 0.15) is 5.56 Å². The van der Waals surface area contributed by atoms with Crippen LogP contribution in [-0.4, -0.2) is 32.0 Å². The van der Waals surface area contributed by atoms with E-state index >= 15 is 0 Å². The molecule has 1 amide bonds. The van der Waals surface area contributed by atoms with Crippen molar-refractivity contribution < 1.29 is 22.5 Å². The summed E-state index contributed by atoms with van der Waals surface area (Å²) in [6.45, 7) is 0.860. The van der Waals surface area contributed by atoms with Crippen molar-refractivity contribution in [1.82, 2.24) is 0 Å². The Bertz CT molecular complexity index is 962. The molecule has 0 unspecified atom stereocenters. The third-order valence-corrected chi connectivity index (χ3v) is 4.70. The zero-order valence-corrected chi connectivity index (χ0v) is 14.8. The van der Waals surface area contributed by atoms with Crippen LogP contribution in [0.4, 0.5) is 21.5 Å². The van der Waals surface area contributed by atoms with Gasteiger partial charge in [-0.05, 0) is 31.2 Å². The number of sulfonamides is 1. The summed E-state index contributed by atoms with van der Waals surface area (Å²) >= 11 is 0. The average Bonchev–Trinajstić information content (AvgIpc) is 2.53. The number of benzene rings is 2. The lowest BCUT2D eigenvalue weighted by Crippen LogP contribution is -2.37. The quantitative estimate of drug-likeness (QED) is 0.610. The molecular formula is C16H16FN3O5S. The minimum Gasteiger partial charge on any atom is -0.324 e. The summed E-state index contributed by atoms with van der Waals surface area (Å²) in [5.74, 6) is -1.37. The van der Waals surface area contributed by atoms with Crippen LogP contribution in [0, 0.1) is 22.9 Å². The fourth-order valence-electron chi connectivity index (χ4n) is 2.31. The summed E-state index contributed by atoms with van der Waals surface area (Å²) in [7, 11) is -3.86. The van der Waals surface area contributed by atoms with E-state index in [0.29, 0.717) is 0 Å². The van der Waals surface area contributed by atoms with Gasteiger partial charge in [-0.1, -0.05) is 12.1 Å². The lowest BCUT2D eigenvalue weighted by Gasteiger charge is -2.22. The molecule has 0 heterocycles. The number of hydrogen-bond donors (Lipinski definition) is 1. The van der Waals surface area contributed by atoms with E-state index in [0.717, 1.165) is 22.7 Å². The van der Waals surface area contributed by atoms with Crippen molar-refractivity contribution in [3.63, 3.8) is 0 Å². The highest BCUT2D eigenvalue weighted by atomic mass is 32.2. The van der Waals surface area contributed by atoms with Crippen molar-refractivity contribution in [3.05, 3.63) is 64.0 Å². The summed E-state index contributed by atoms with van der Waals surface area (Å²) in [4.78, 5) is 22.7. The molecule has 1 N–H and O–H groups in total. The van der Waals surface area contributed by atoms with Crippen molar-refractivity contribution in [2.75, 3.05) is 22.4 Å². The highest BCUT2D eigenvalue weighted by Gasteiger charge is 2.22. The Morgan fingerprint density at radius 2 is 1.92 bits per heavy atom. The molecule has 0 saturated heterocycles. The molecule has 0 fully saturated rings. The van der Waals surface area contributed by atoms with Gasteiger partial charge in [-0.3, -0.25) is 19.2 Å². The summed E-state index contributed by atoms with van der Waals surface area (Å²) < 4.78 is 38.1. The predicted molar refractivity (Wildman–Crippen MR) is 95.1 cm³/mol. The minimum atomic E-state index is -3.86. The molecule has 0 aliphatic rings. The maximum Gasteiger partial charge on any atom is 0.274 e. The molecule has 0 saturated carbocycles. The Labute approximate surface area is 149 Å². The largest absolute Gasteiger partial charge is 0.324 e. The molecule has 0 aliphatic carbocycles. The van der Waals surface area contributed by atoms with E-state index in [1.54, 1.807) is 0 Å². The van der Waals surface area contributed by atoms with Crippen molar-refractivity contribution in [2.45, 2.75) is 6.92 Å². The number of carbonyl (C=O) groups is 1. The number of nitro groups is 1. The van der Waals surface area contributed by atoms with Crippen LogP contribution in [-0.2, 0) is 14.8 Å². The average molecular weight is 381 g/mol. The number of carbonyl (C=O) groups excluding carboxylic acids is 1. The topological polar surface area (TPSA) is 110 Å². The van der Waals surface area contributed by atoms with Gasteiger partial charge in [0.25, 0.3) is 5.69 Å². The number of nitrogens with one attached hydrogen (secondary N) is 1. The van der Waals surface area contributed by atoms with Crippen LogP contribution < -0.4 is 9.62 Å². The second-order valence-electron chi connectivity index (χ2n) is 5.50. The number of amides is 1. The first-order valence-corrected chi connectivity index (χ1v) is 9.21. The van der Waals surface area contributed by atoms with Gasteiger partial charge in [0.1, 0.15) is 12.4 Å². The smallest absolute Gasteiger partial charge is 0.274 e. The molecule has 2 aromatic carbocycles. The van der Waals surface area contributed by atoms with E-state index in [9.17, 15) is 27.7 Å². The minimum absolute atomic E-state index is 0.00147. The third kappa shape index (κ3) is 4.54. The highest BCUT2D eigenvalue weighted by Crippen LogP contribution is 2.25. The SMILES string of the molecule is Cc1c(NC(=O)CN(c2cccc(F)c2)S(C)(=O)=O)cccc1[N+](=O)[O-]. The fourth-order valence-corrected chi connectivity index (χ4v) is 3.16. The van der Waals surface area contributed by atoms with Crippen LogP contribution in [0.15, 0.2) is 42.5 Å². The van der Waals surface area contributed by atoms with Crippen molar-refractivity contribution in [2.24, 2.45) is 0 Å². The van der Waals surface area contributed by atoms with E-state index in [4.69, 9.17) is 0 Å². The van der Waals surface area contributed by atoms with Gasteiger partial charge in [0.2, 0.25) is 15.9 Å². The molecule has 0 spiro atoms. The Hall–Kier alpha value is -3.01. The first kappa shape index (κ1) is 19.3. The summed E-state index contributed by atoms with van der Waals surface area (Å²) in [5, 5.41) is 13.4. The molecule has 0 atom stereocenters. The molecule has 8 nitrogen and oxygen atoms in total. The van der Waals surface area contributed by atoms with E-state index in [2.05, 4.69) is 5.32 Å². The maximum atomic E-state index is 13.4. The Balaban J connectivity index is 2.27. The lowest BCUT2D eigenvalue weighted by molar-refractivity contribution is -0.385. The molecule has 138 valence electrons. The van der Waals surface area contributed by atoms with Gasteiger partial charge in [0.05, 0.1) is 28.1 Å². The van der Waals surface area contributed by atoms with Gasteiger partial charge in [-0.2, -0.15) is 0 Å². The summed E-state index contributed by atoms with van der Waals surface area (Å²) in [5.41, 5.74) is 0.255. The first-order valence-electron chi connectivity index (χ1n) is 7.36. The molecule has 0 aliphatic heterocycles. The second-order valence-corrected chi connectivity index (χ2v) is 7.41. The van der Waals surface area contributed by atoms with Gasteiger partial charge in [-0.15, -0.1) is 0 Å². The van der Waals surface area contributed by atoms with Crippen LogP contribution in [0.25, 0.3) is 0 Å². The molecule has 0 aromatic heterocycles. The monoisotopic (exact) mass is 381 g/mol. The molecule has 0 bridgehead atoms. The van der Waals surface area contributed by atoms with Crippen molar-refractivity contribution >= 4 is 33.0 Å². The van der Waals surface area contributed by atoms with Crippen molar-refractivity contribution in [1.29, 1.82) is 0 Å². The third-order valence-electron chi connectivity index (χ3n) is 3.56. The second kappa shape index (κ2) is 7.48. The maximum absolute atomic E-state index is 13.4. The number of nitro benzene ring substituents is 1. The summed E-state index contributed by atoms with van der Waals surface area (Å²) in [6.07, 6.45) is 0.893. The zero-order valence-electron chi connectivity index (χ0n) is 14.0. The molecule has 2 aromatic rings. The van der Waals surface area contributed by atoms with Gasteiger partial charge in [0.15, 0.2) is 0 Å². The van der Waals surface area contributed by atoms with Crippen LogP contribution in [0.3, 0.4) is 0 Å². The standard InChI is InChI=1S/C16H16FN3O5S/c1-11-14(7-4-8-15(11)20(22)23)18-16(21)10-19(26(2,24)25)13-6-3-5-12(17)9-13/h3-9H,10H2,1-2H3,(H,18,21). The number of rotatable bonds is 6. The number of anilines is 2. The zero-order chi connectivity index (χ0) is 19.5.